The molecule has 0 aromatic carbocycles. The largest absolute Gasteiger partial charge is 0.380 e. The number of rotatable bonds is 4. The molecule has 100 valence electrons. The van der Waals surface area contributed by atoms with Crippen LogP contribution in [0.3, 0.4) is 0 Å². The Hall–Kier alpha value is -0.910. The van der Waals surface area contributed by atoms with Gasteiger partial charge in [0.15, 0.2) is 0 Å². The first-order valence-corrected chi connectivity index (χ1v) is 6.87. The molecular formula is C13H22N4O. The molecule has 1 aromatic heterocycles. The first-order chi connectivity index (χ1) is 8.86. The quantitative estimate of drug-likeness (QED) is 0.731. The Morgan fingerprint density at radius 2 is 2.44 bits per heavy atom. The van der Waals surface area contributed by atoms with Crippen LogP contribution in [-0.4, -0.2) is 41.8 Å². The molecule has 2 aliphatic rings. The van der Waals surface area contributed by atoms with Gasteiger partial charge < -0.3 is 20.4 Å². The summed E-state index contributed by atoms with van der Waals surface area (Å²) in [6.45, 7) is 1.90. The molecule has 1 saturated carbocycles. The standard InChI is InChI=1S/C13H22N4O/c1-18-13-4-2-3-10(13)15-6-9-5-11-12(7-14-9)17-8-16-11/h8-10,13-15H,2-7H2,1H3,(H,16,17). The van der Waals surface area contributed by atoms with Crippen molar-refractivity contribution < 1.29 is 4.74 Å². The number of imidazole rings is 1. The number of ether oxygens (including phenoxy) is 1. The van der Waals surface area contributed by atoms with Gasteiger partial charge in [-0.1, -0.05) is 0 Å². The molecule has 1 aliphatic carbocycles. The number of hydrogen-bond donors (Lipinski definition) is 3. The van der Waals surface area contributed by atoms with E-state index in [-0.39, 0.29) is 0 Å². The molecule has 0 amide bonds. The predicted molar refractivity (Wildman–Crippen MR) is 69.4 cm³/mol. The maximum Gasteiger partial charge on any atom is 0.0925 e. The topological polar surface area (TPSA) is 62.0 Å². The number of hydrogen-bond acceptors (Lipinski definition) is 4. The Morgan fingerprint density at radius 3 is 3.33 bits per heavy atom. The Kier molecular flexibility index (Phi) is 3.63. The second kappa shape index (κ2) is 5.38. The zero-order valence-electron chi connectivity index (χ0n) is 10.9. The van der Waals surface area contributed by atoms with E-state index in [4.69, 9.17) is 4.74 Å². The van der Waals surface area contributed by atoms with E-state index in [1.807, 2.05) is 7.11 Å². The van der Waals surface area contributed by atoms with Gasteiger partial charge in [-0.3, -0.25) is 0 Å². The van der Waals surface area contributed by atoms with Crippen LogP contribution < -0.4 is 10.6 Å². The first kappa shape index (κ1) is 12.1. The molecule has 3 rings (SSSR count). The molecule has 1 aromatic rings. The molecule has 1 aliphatic heterocycles. The van der Waals surface area contributed by atoms with Crippen molar-refractivity contribution in [3.05, 3.63) is 17.7 Å². The van der Waals surface area contributed by atoms with Crippen molar-refractivity contribution >= 4 is 0 Å². The van der Waals surface area contributed by atoms with Gasteiger partial charge in [-0.15, -0.1) is 0 Å². The monoisotopic (exact) mass is 250 g/mol. The lowest BCUT2D eigenvalue weighted by atomic mass is 10.0. The summed E-state index contributed by atoms with van der Waals surface area (Å²) in [5, 5.41) is 7.19. The van der Waals surface area contributed by atoms with E-state index < -0.39 is 0 Å². The number of nitrogens with zero attached hydrogens (tertiary/aromatic N) is 1. The molecule has 18 heavy (non-hydrogen) atoms. The van der Waals surface area contributed by atoms with Gasteiger partial charge in [0.2, 0.25) is 0 Å². The number of aromatic amines is 1. The third-order valence-corrected chi connectivity index (χ3v) is 4.20. The van der Waals surface area contributed by atoms with Crippen LogP contribution in [0, 0.1) is 0 Å². The Labute approximate surface area is 108 Å². The van der Waals surface area contributed by atoms with E-state index in [1.165, 1.54) is 30.7 Å². The predicted octanol–water partition coefficient (Wildman–Crippen LogP) is 0.581. The lowest BCUT2D eigenvalue weighted by Gasteiger charge is -2.26. The number of fused-ring (bicyclic) bond motifs is 1. The molecule has 5 heteroatoms. The van der Waals surface area contributed by atoms with Gasteiger partial charge in [0.1, 0.15) is 0 Å². The van der Waals surface area contributed by atoms with Gasteiger partial charge >= 0.3 is 0 Å². The average Bonchev–Trinajstić information content (AvgIpc) is 3.04. The molecule has 1 fully saturated rings. The third-order valence-electron chi connectivity index (χ3n) is 4.20. The van der Waals surface area contributed by atoms with Crippen molar-refractivity contribution in [2.75, 3.05) is 13.7 Å². The van der Waals surface area contributed by atoms with Crippen LogP contribution in [-0.2, 0) is 17.7 Å². The third kappa shape index (κ3) is 2.43. The maximum atomic E-state index is 5.51. The van der Waals surface area contributed by atoms with Crippen LogP contribution in [0.2, 0.25) is 0 Å². The molecule has 2 heterocycles. The fourth-order valence-electron chi connectivity index (χ4n) is 3.11. The summed E-state index contributed by atoms with van der Waals surface area (Å²) in [4.78, 5) is 7.55. The normalized spacial score (nSPS) is 31.5. The number of H-pyrrole nitrogens is 1. The van der Waals surface area contributed by atoms with Crippen LogP contribution >= 0.6 is 0 Å². The van der Waals surface area contributed by atoms with Crippen LogP contribution in [0.4, 0.5) is 0 Å². The second-order valence-electron chi connectivity index (χ2n) is 5.33. The van der Waals surface area contributed by atoms with Gasteiger partial charge in [-0.25, -0.2) is 4.98 Å². The van der Waals surface area contributed by atoms with E-state index in [1.54, 1.807) is 6.33 Å². The van der Waals surface area contributed by atoms with Crippen molar-refractivity contribution in [3.63, 3.8) is 0 Å². The molecule has 3 N–H and O–H groups in total. The Bertz CT molecular complexity index is 392. The summed E-state index contributed by atoms with van der Waals surface area (Å²) in [6.07, 6.45) is 6.90. The molecule has 0 spiro atoms. The average molecular weight is 250 g/mol. The zero-order valence-corrected chi connectivity index (χ0v) is 10.9. The number of methoxy groups -OCH3 is 1. The summed E-state index contributed by atoms with van der Waals surface area (Å²) >= 11 is 0. The van der Waals surface area contributed by atoms with Gasteiger partial charge in [0, 0.05) is 38.7 Å². The first-order valence-electron chi connectivity index (χ1n) is 6.87. The van der Waals surface area contributed by atoms with Crippen molar-refractivity contribution in [1.82, 2.24) is 20.6 Å². The van der Waals surface area contributed by atoms with Crippen LogP contribution in [0.25, 0.3) is 0 Å². The summed E-state index contributed by atoms with van der Waals surface area (Å²) < 4.78 is 5.51. The SMILES string of the molecule is COC1CCCC1NCC1Cc2nc[nH]c2CN1. The molecule has 5 nitrogen and oxygen atoms in total. The number of aromatic nitrogens is 2. The molecule has 3 unspecified atom stereocenters. The Morgan fingerprint density at radius 1 is 1.50 bits per heavy atom. The smallest absolute Gasteiger partial charge is 0.0925 e. The lowest BCUT2D eigenvalue weighted by molar-refractivity contribution is 0.0843. The van der Waals surface area contributed by atoms with E-state index in [0.717, 1.165) is 19.5 Å². The highest BCUT2D eigenvalue weighted by molar-refractivity contribution is 5.16. The lowest BCUT2D eigenvalue weighted by Crippen LogP contribution is -2.47. The van der Waals surface area contributed by atoms with Gasteiger partial charge in [0.25, 0.3) is 0 Å². The molecule has 0 saturated heterocycles. The van der Waals surface area contributed by atoms with Gasteiger partial charge in [0.05, 0.1) is 23.8 Å². The summed E-state index contributed by atoms with van der Waals surface area (Å²) in [5.74, 6) is 0. The minimum absolute atomic E-state index is 0.398. The van der Waals surface area contributed by atoms with E-state index >= 15 is 0 Å². The van der Waals surface area contributed by atoms with Crippen molar-refractivity contribution in [2.24, 2.45) is 0 Å². The highest BCUT2D eigenvalue weighted by Crippen LogP contribution is 2.21. The van der Waals surface area contributed by atoms with Crippen LogP contribution in [0.15, 0.2) is 6.33 Å². The molecule has 0 bridgehead atoms. The second-order valence-corrected chi connectivity index (χ2v) is 5.33. The minimum Gasteiger partial charge on any atom is -0.380 e. The highest BCUT2D eigenvalue weighted by Gasteiger charge is 2.28. The van der Waals surface area contributed by atoms with Crippen LogP contribution in [0.5, 0.6) is 0 Å². The van der Waals surface area contributed by atoms with E-state index in [9.17, 15) is 0 Å². The zero-order chi connectivity index (χ0) is 12.4. The van der Waals surface area contributed by atoms with Crippen LogP contribution in [0.1, 0.15) is 30.7 Å². The maximum absolute atomic E-state index is 5.51. The van der Waals surface area contributed by atoms with E-state index in [2.05, 4.69) is 20.6 Å². The summed E-state index contributed by atoms with van der Waals surface area (Å²) in [5.41, 5.74) is 2.46. The van der Waals surface area contributed by atoms with Crippen molar-refractivity contribution in [1.29, 1.82) is 0 Å². The fourth-order valence-corrected chi connectivity index (χ4v) is 3.11. The van der Waals surface area contributed by atoms with Crippen molar-refractivity contribution in [2.45, 2.75) is 50.4 Å². The van der Waals surface area contributed by atoms with Gasteiger partial charge in [-0.05, 0) is 19.3 Å². The molecular weight excluding hydrogens is 228 g/mol. The minimum atomic E-state index is 0.398. The molecule has 0 radical (unpaired) electrons. The summed E-state index contributed by atoms with van der Waals surface area (Å²) in [7, 11) is 1.82. The van der Waals surface area contributed by atoms with Gasteiger partial charge in [-0.2, -0.15) is 0 Å². The number of nitrogens with one attached hydrogen (secondary N) is 3. The fraction of sp³-hybridized carbons (Fsp3) is 0.769. The summed E-state index contributed by atoms with van der Waals surface area (Å²) in [6, 6.07) is 1.01. The Balaban J connectivity index is 1.50. The molecule has 3 atom stereocenters. The van der Waals surface area contributed by atoms with E-state index in [0.29, 0.717) is 18.2 Å². The highest BCUT2D eigenvalue weighted by atomic mass is 16.5. The van der Waals surface area contributed by atoms with Crippen molar-refractivity contribution in [3.8, 4) is 0 Å².